The van der Waals surface area contributed by atoms with Crippen molar-refractivity contribution in [1.29, 1.82) is 5.26 Å². The number of nitriles is 1. The van der Waals surface area contributed by atoms with E-state index >= 15 is 0 Å². The minimum absolute atomic E-state index is 0.0423. The van der Waals surface area contributed by atoms with Crippen LogP contribution in [0.25, 0.3) is 0 Å². The van der Waals surface area contributed by atoms with Crippen molar-refractivity contribution in [3.8, 4) is 6.07 Å². The Labute approximate surface area is 73.8 Å². The summed E-state index contributed by atoms with van der Waals surface area (Å²) < 4.78 is 12.8. The number of nitrogens with zero attached hydrogens (tertiary/aromatic N) is 1. The second kappa shape index (κ2) is 3.53. The highest BCUT2D eigenvalue weighted by Gasteiger charge is 2.07. The molecule has 1 aromatic rings. The van der Waals surface area contributed by atoms with Crippen LogP contribution in [0.2, 0.25) is 5.02 Å². The zero-order valence-corrected chi connectivity index (χ0v) is 6.77. The molecule has 4 heteroatoms. The maximum absolute atomic E-state index is 12.8. The van der Waals surface area contributed by atoms with E-state index in [1.807, 2.05) is 0 Å². The van der Waals surface area contributed by atoms with E-state index in [1.165, 1.54) is 6.07 Å². The Hall–Kier alpha value is -1.11. The van der Waals surface area contributed by atoms with Gasteiger partial charge in [0.25, 0.3) is 0 Å². The molecule has 0 aliphatic rings. The highest BCUT2D eigenvalue weighted by Crippen LogP contribution is 2.21. The minimum Gasteiger partial charge on any atom is -0.392 e. The molecule has 0 unspecified atom stereocenters. The van der Waals surface area contributed by atoms with Crippen molar-refractivity contribution >= 4 is 11.6 Å². The van der Waals surface area contributed by atoms with Crippen molar-refractivity contribution in [2.45, 2.75) is 6.61 Å². The van der Waals surface area contributed by atoms with Crippen LogP contribution in [0, 0.1) is 17.1 Å². The van der Waals surface area contributed by atoms with E-state index in [0.717, 1.165) is 6.07 Å². The molecule has 0 amide bonds. The van der Waals surface area contributed by atoms with Crippen LogP contribution < -0.4 is 0 Å². The Bertz CT molecular complexity index is 346. The van der Waals surface area contributed by atoms with Crippen LogP contribution in [0.1, 0.15) is 11.1 Å². The first-order valence-corrected chi connectivity index (χ1v) is 3.55. The molecule has 0 bridgehead atoms. The van der Waals surface area contributed by atoms with Gasteiger partial charge in [-0.25, -0.2) is 4.39 Å². The molecule has 1 N–H and O–H groups in total. The Kier molecular flexibility index (Phi) is 2.64. The Balaban J connectivity index is 3.31. The van der Waals surface area contributed by atoms with Crippen molar-refractivity contribution in [1.82, 2.24) is 0 Å². The fourth-order valence-corrected chi connectivity index (χ4v) is 0.969. The molecule has 62 valence electrons. The van der Waals surface area contributed by atoms with E-state index in [4.69, 9.17) is 22.0 Å². The average molecular weight is 186 g/mol. The highest BCUT2D eigenvalue weighted by molar-refractivity contribution is 6.31. The smallest absolute Gasteiger partial charge is 0.143 e. The van der Waals surface area contributed by atoms with Crippen molar-refractivity contribution in [3.05, 3.63) is 34.1 Å². The van der Waals surface area contributed by atoms with Gasteiger partial charge in [-0.1, -0.05) is 11.6 Å². The van der Waals surface area contributed by atoms with Crippen molar-refractivity contribution < 1.29 is 9.50 Å². The number of hydrogen-bond acceptors (Lipinski definition) is 2. The Morgan fingerprint density at radius 3 is 2.75 bits per heavy atom. The second-order valence-corrected chi connectivity index (χ2v) is 2.59. The first kappa shape index (κ1) is 8.98. The van der Waals surface area contributed by atoms with Gasteiger partial charge < -0.3 is 5.11 Å². The lowest BCUT2D eigenvalue weighted by molar-refractivity contribution is 0.281. The molecule has 1 rings (SSSR count). The van der Waals surface area contributed by atoms with Crippen LogP contribution in [0.5, 0.6) is 0 Å². The fourth-order valence-electron chi connectivity index (χ4n) is 0.818. The molecule has 0 aliphatic carbocycles. The number of benzene rings is 1. The number of hydrogen-bond donors (Lipinski definition) is 1. The van der Waals surface area contributed by atoms with Gasteiger partial charge in [0.15, 0.2) is 0 Å². The third-order valence-corrected chi connectivity index (χ3v) is 1.78. The summed E-state index contributed by atoms with van der Waals surface area (Å²) in [6.07, 6.45) is 0. The largest absolute Gasteiger partial charge is 0.392 e. The first-order chi connectivity index (χ1) is 5.69. The molecule has 0 atom stereocenters. The van der Waals surface area contributed by atoms with Crippen LogP contribution in [-0.2, 0) is 6.61 Å². The molecule has 0 spiro atoms. The van der Waals surface area contributed by atoms with Gasteiger partial charge in [0.1, 0.15) is 11.9 Å². The van der Waals surface area contributed by atoms with E-state index in [-0.39, 0.29) is 17.2 Å². The SMILES string of the molecule is N#Cc1cc(CO)cc(F)c1Cl. The zero-order chi connectivity index (χ0) is 9.14. The third kappa shape index (κ3) is 1.55. The lowest BCUT2D eigenvalue weighted by Gasteiger charge is -2.00. The predicted octanol–water partition coefficient (Wildman–Crippen LogP) is 1.84. The second-order valence-electron chi connectivity index (χ2n) is 2.21. The maximum atomic E-state index is 12.8. The van der Waals surface area contributed by atoms with E-state index in [2.05, 4.69) is 0 Å². The van der Waals surface area contributed by atoms with E-state index in [0.29, 0.717) is 5.56 Å². The molecule has 0 saturated heterocycles. The topological polar surface area (TPSA) is 44.0 Å². The monoisotopic (exact) mass is 185 g/mol. The Morgan fingerprint density at radius 1 is 1.58 bits per heavy atom. The van der Waals surface area contributed by atoms with E-state index in [9.17, 15) is 4.39 Å². The number of halogens is 2. The lowest BCUT2D eigenvalue weighted by atomic mass is 10.1. The third-order valence-electron chi connectivity index (χ3n) is 1.39. The van der Waals surface area contributed by atoms with Crippen LogP contribution in [-0.4, -0.2) is 5.11 Å². The van der Waals surface area contributed by atoms with E-state index < -0.39 is 5.82 Å². The van der Waals surface area contributed by atoms with Crippen molar-refractivity contribution in [2.75, 3.05) is 0 Å². The summed E-state index contributed by atoms with van der Waals surface area (Å²) in [4.78, 5) is 0. The Morgan fingerprint density at radius 2 is 2.25 bits per heavy atom. The van der Waals surface area contributed by atoms with Gasteiger partial charge in [-0.05, 0) is 17.7 Å². The summed E-state index contributed by atoms with van der Waals surface area (Å²) in [5.74, 6) is -0.681. The number of aliphatic hydroxyl groups is 1. The zero-order valence-electron chi connectivity index (χ0n) is 6.01. The molecule has 12 heavy (non-hydrogen) atoms. The van der Waals surface area contributed by atoms with Crippen molar-refractivity contribution in [3.63, 3.8) is 0 Å². The minimum atomic E-state index is -0.681. The summed E-state index contributed by atoms with van der Waals surface area (Å²) in [7, 11) is 0. The van der Waals surface area contributed by atoms with Gasteiger partial charge in [-0.3, -0.25) is 0 Å². The van der Waals surface area contributed by atoms with Crippen LogP contribution in [0.4, 0.5) is 4.39 Å². The van der Waals surface area contributed by atoms with Gasteiger partial charge >= 0.3 is 0 Å². The quantitative estimate of drug-likeness (QED) is 0.726. The van der Waals surface area contributed by atoms with Gasteiger partial charge in [0.05, 0.1) is 17.2 Å². The van der Waals surface area contributed by atoms with Crippen LogP contribution >= 0.6 is 11.6 Å². The summed E-state index contributed by atoms with van der Waals surface area (Å²) in [5.41, 5.74) is 0.383. The standard InChI is InChI=1S/C8H5ClFNO/c9-8-6(3-11)1-5(4-12)2-7(8)10/h1-2,12H,4H2. The van der Waals surface area contributed by atoms with Gasteiger partial charge in [0, 0.05) is 0 Å². The number of aliphatic hydroxyl groups excluding tert-OH is 1. The highest BCUT2D eigenvalue weighted by atomic mass is 35.5. The molecule has 0 heterocycles. The molecule has 0 saturated carbocycles. The predicted molar refractivity (Wildman–Crippen MR) is 42.0 cm³/mol. The molecule has 0 radical (unpaired) electrons. The van der Waals surface area contributed by atoms with Gasteiger partial charge in [-0.15, -0.1) is 0 Å². The molecule has 0 aliphatic heterocycles. The van der Waals surface area contributed by atoms with Crippen LogP contribution in [0.15, 0.2) is 12.1 Å². The summed E-state index contributed by atoms with van der Waals surface area (Å²) >= 11 is 5.44. The number of rotatable bonds is 1. The summed E-state index contributed by atoms with van der Waals surface area (Å²) in [6, 6.07) is 4.18. The summed E-state index contributed by atoms with van der Waals surface area (Å²) in [5, 5.41) is 16.9. The molecular formula is C8H5ClFNO. The first-order valence-electron chi connectivity index (χ1n) is 3.18. The van der Waals surface area contributed by atoms with Crippen LogP contribution in [0.3, 0.4) is 0 Å². The molecule has 2 nitrogen and oxygen atoms in total. The lowest BCUT2D eigenvalue weighted by Crippen LogP contribution is -1.89. The molecular weight excluding hydrogens is 181 g/mol. The molecule has 1 aromatic carbocycles. The molecule has 0 aromatic heterocycles. The van der Waals surface area contributed by atoms with Gasteiger partial charge in [-0.2, -0.15) is 5.26 Å². The average Bonchev–Trinajstić information content (AvgIpc) is 2.09. The van der Waals surface area contributed by atoms with E-state index in [1.54, 1.807) is 6.07 Å². The summed E-state index contributed by atoms with van der Waals surface area (Å²) in [6.45, 7) is -0.303. The molecule has 0 fully saturated rings. The fraction of sp³-hybridized carbons (Fsp3) is 0.125. The normalized spacial score (nSPS) is 9.50. The van der Waals surface area contributed by atoms with Crippen molar-refractivity contribution in [2.24, 2.45) is 0 Å². The maximum Gasteiger partial charge on any atom is 0.143 e. The van der Waals surface area contributed by atoms with Gasteiger partial charge in [0.2, 0.25) is 0 Å².